The van der Waals surface area contributed by atoms with Gasteiger partial charge in [-0.2, -0.15) is 0 Å². The van der Waals surface area contributed by atoms with Crippen LogP contribution in [0.5, 0.6) is 11.5 Å². The van der Waals surface area contributed by atoms with E-state index in [0.717, 1.165) is 10.5 Å². The Morgan fingerprint density at radius 1 is 1.16 bits per heavy atom. The molecule has 9 heteroatoms. The van der Waals surface area contributed by atoms with Gasteiger partial charge in [-0.3, -0.25) is 28.9 Å². The SMILES string of the molecule is COc1cccc(O)c1[C@H]1C2=CC[C@@H]3C(=O)N(CCCC(=O)O)C(=O)[C@@H]3[C@@H]2C[C@H]2C(=O)C=C(C)C(=O)[C@@]12C. The van der Waals surface area contributed by atoms with Crippen LogP contribution < -0.4 is 4.74 Å². The van der Waals surface area contributed by atoms with Gasteiger partial charge in [-0.1, -0.05) is 24.6 Å². The summed E-state index contributed by atoms with van der Waals surface area (Å²) in [5.41, 5.74) is 0.277. The van der Waals surface area contributed by atoms with Gasteiger partial charge >= 0.3 is 5.97 Å². The van der Waals surface area contributed by atoms with Gasteiger partial charge in [-0.05, 0) is 55.9 Å². The number of methoxy groups -OCH3 is 1. The van der Waals surface area contributed by atoms with Crippen molar-refractivity contribution in [3.8, 4) is 11.5 Å². The molecule has 0 radical (unpaired) electrons. The fourth-order valence-electron chi connectivity index (χ4n) is 7.38. The highest BCUT2D eigenvalue weighted by Crippen LogP contribution is 2.64. The molecule has 0 unspecified atom stereocenters. The van der Waals surface area contributed by atoms with Crippen LogP contribution in [0.2, 0.25) is 0 Å². The number of aromatic hydroxyl groups is 1. The predicted octanol–water partition coefficient (Wildman–Crippen LogP) is 3.02. The summed E-state index contributed by atoms with van der Waals surface area (Å²) >= 11 is 0. The quantitative estimate of drug-likeness (QED) is 0.430. The van der Waals surface area contributed by atoms with Gasteiger partial charge < -0.3 is 14.9 Å². The lowest BCUT2D eigenvalue weighted by Gasteiger charge is -2.53. The molecule has 1 saturated heterocycles. The van der Waals surface area contributed by atoms with E-state index in [0.29, 0.717) is 16.9 Å². The van der Waals surface area contributed by atoms with Crippen LogP contribution in [0, 0.1) is 29.1 Å². The molecular weight excluding hydrogens is 490 g/mol. The van der Waals surface area contributed by atoms with Gasteiger partial charge in [0.2, 0.25) is 11.8 Å². The second-order valence-electron chi connectivity index (χ2n) is 11.0. The molecule has 6 atom stereocenters. The number of carboxylic acids is 1. The van der Waals surface area contributed by atoms with Crippen LogP contribution in [0.4, 0.5) is 0 Å². The molecule has 9 nitrogen and oxygen atoms in total. The minimum atomic E-state index is -1.22. The van der Waals surface area contributed by atoms with E-state index in [2.05, 4.69) is 0 Å². The number of rotatable bonds is 6. The Morgan fingerprint density at radius 2 is 1.89 bits per heavy atom. The number of carbonyl (C=O) groups is 5. The van der Waals surface area contributed by atoms with Gasteiger partial charge in [0, 0.05) is 30.4 Å². The average molecular weight is 522 g/mol. The number of fused-ring (bicyclic) bond motifs is 4. The summed E-state index contributed by atoms with van der Waals surface area (Å²) in [7, 11) is 1.47. The zero-order valence-electron chi connectivity index (χ0n) is 21.6. The van der Waals surface area contributed by atoms with E-state index >= 15 is 0 Å². The standard InChI is InChI=1S/C29H31NO8/c1-14-12-20(32)18-13-17-15(9-10-16-23(17)28(37)30(27(16)36)11-5-8-22(33)34)25(29(18,2)26(14)35)24-19(31)6-4-7-21(24)38-3/h4,6-7,9,12,16-18,23,25,31H,5,8,10-11,13H2,1-3H3,(H,33,34)/t16-,17+,18-,23-,25+,29+/m0/s1. The van der Waals surface area contributed by atoms with Crippen molar-refractivity contribution in [2.24, 2.45) is 29.1 Å². The maximum Gasteiger partial charge on any atom is 0.303 e. The predicted molar refractivity (Wildman–Crippen MR) is 134 cm³/mol. The van der Waals surface area contributed by atoms with Crippen LogP contribution in [-0.4, -0.2) is 58.1 Å². The molecule has 38 heavy (non-hydrogen) atoms. The first-order chi connectivity index (χ1) is 18.0. The average Bonchev–Trinajstić information content (AvgIpc) is 3.11. The number of phenols is 1. The third-order valence-corrected chi connectivity index (χ3v) is 9.06. The van der Waals surface area contributed by atoms with Crippen molar-refractivity contribution < 1.29 is 38.9 Å². The van der Waals surface area contributed by atoms with Gasteiger partial charge in [0.05, 0.1) is 24.4 Å². The molecule has 1 aromatic carbocycles. The van der Waals surface area contributed by atoms with Crippen LogP contribution >= 0.6 is 0 Å². The Bertz CT molecular complexity index is 1330. The Morgan fingerprint density at radius 3 is 2.58 bits per heavy atom. The summed E-state index contributed by atoms with van der Waals surface area (Å²) in [4.78, 5) is 66.3. The number of aliphatic carboxylic acids is 1. The third kappa shape index (κ3) is 3.62. The zero-order valence-corrected chi connectivity index (χ0v) is 21.6. The van der Waals surface area contributed by atoms with Crippen LogP contribution in [0.15, 0.2) is 41.5 Å². The highest BCUT2D eigenvalue weighted by Gasteiger charge is 2.63. The van der Waals surface area contributed by atoms with Gasteiger partial charge in [-0.15, -0.1) is 0 Å². The summed E-state index contributed by atoms with van der Waals surface area (Å²) in [5, 5.41) is 20.0. The van der Waals surface area contributed by atoms with E-state index in [-0.39, 0.29) is 61.4 Å². The summed E-state index contributed by atoms with van der Waals surface area (Å²) in [6.45, 7) is 3.40. The number of nitrogens with zero attached hydrogens (tertiary/aromatic N) is 1. The smallest absolute Gasteiger partial charge is 0.303 e. The van der Waals surface area contributed by atoms with Crippen LogP contribution in [0.3, 0.4) is 0 Å². The molecular formula is C29H31NO8. The van der Waals surface area contributed by atoms with Gasteiger partial charge in [-0.25, -0.2) is 0 Å². The zero-order chi connectivity index (χ0) is 27.5. The first kappa shape index (κ1) is 25.9. The van der Waals surface area contributed by atoms with Crippen molar-refractivity contribution in [2.75, 3.05) is 13.7 Å². The van der Waals surface area contributed by atoms with E-state index in [9.17, 15) is 29.1 Å². The summed E-state index contributed by atoms with van der Waals surface area (Å²) < 4.78 is 5.60. The fraction of sp³-hybridized carbons (Fsp3) is 0.483. The van der Waals surface area contributed by atoms with E-state index in [1.807, 2.05) is 6.08 Å². The summed E-state index contributed by atoms with van der Waals surface area (Å²) in [5.74, 6) is -5.11. The van der Waals surface area contributed by atoms with E-state index in [1.165, 1.54) is 19.3 Å². The molecule has 2 amide bonds. The molecule has 0 aromatic heterocycles. The first-order valence-electron chi connectivity index (χ1n) is 12.9. The molecule has 3 aliphatic carbocycles. The lowest BCUT2D eigenvalue weighted by atomic mass is 9.47. The number of hydrogen-bond acceptors (Lipinski definition) is 7. The number of phenolic OH excluding ortho intramolecular Hbond substituents is 1. The Balaban J connectivity index is 1.64. The summed E-state index contributed by atoms with van der Waals surface area (Å²) in [6, 6.07) is 4.84. The van der Waals surface area contributed by atoms with Gasteiger partial charge in [0.15, 0.2) is 11.6 Å². The number of carboxylic acid groups (broad SMARTS) is 1. The van der Waals surface area contributed by atoms with Crippen molar-refractivity contribution in [3.63, 3.8) is 0 Å². The largest absolute Gasteiger partial charge is 0.508 e. The van der Waals surface area contributed by atoms with Crippen molar-refractivity contribution in [3.05, 3.63) is 47.1 Å². The number of likely N-dealkylation sites (tertiary alicyclic amines) is 1. The number of benzene rings is 1. The number of ketones is 2. The molecule has 5 rings (SSSR count). The maximum atomic E-state index is 13.8. The number of ether oxygens (including phenoxy) is 1. The summed E-state index contributed by atoms with van der Waals surface area (Å²) in [6.07, 6.45) is 3.78. The van der Waals surface area contributed by atoms with Crippen LogP contribution in [-0.2, 0) is 24.0 Å². The van der Waals surface area contributed by atoms with Crippen LogP contribution in [0.25, 0.3) is 0 Å². The molecule has 1 aromatic rings. The van der Waals surface area contributed by atoms with Crippen molar-refractivity contribution in [1.82, 2.24) is 4.90 Å². The Kier molecular flexibility index (Phi) is 6.28. The molecule has 0 spiro atoms. The number of Topliss-reactive ketones (excluding diaryl/α,β-unsaturated/α-hetero) is 1. The van der Waals surface area contributed by atoms with Gasteiger partial charge in [0.1, 0.15) is 11.5 Å². The number of allylic oxidation sites excluding steroid dienone is 4. The molecule has 200 valence electrons. The van der Waals surface area contributed by atoms with Crippen molar-refractivity contribution in [2.45, 2.75) is 45.4 Å². The highest BCUT2D eigenvalue weighted by molar-refractivity contribution is 6.13. The Labute approximate surface area is 220 Å². The van der Waals surface area contributed by atoms with E-state index < -0.39 is 41.0 Å². The minimum absolute atomic E-state index is 0.0240. The first-order valence-corrected chi connectivity index (χ1v) is 12.9. The Hall–Kier alpha value is -3.75. The molecule has 4 aliphatic rings. The minimum Gasteiger partial charge on any atom is -0.508 e. The number of carbonyl (C=O) groups excluding carboxylic acids is 4. The molecule has 2 N–H and O–H groups in total. The molecule has 1 saturated carbocycles. The lowest BCUT2D eigenvalue weighted by Crippen LogP contribution is -2.54. The third-order valence-electron chi connectivity index (χ3n) is 9.06. The molecule has 2 fully saturated rings. The van der Waals surface area contributed by atoms with Crippen molar-refractivity contribution in [1.29, 1.82) is 0 Å². The second kappa shape index (κ2) is 9.22. The molecule has 1 heterocycles. The lowest BCUT2D eigenvalue weighted by molar-refractivity contribution is -0.143. The van der Waals surface area contributed by atoms with E-state index in [1.54, 1.807) is 26.0 Å². The normalized spacial score (nSPS) is 32.3. The van der Waals surface area contributed by atoms with Crippen molar-refractivity contribution >= 4 is 29.4 Å². The number of imide groups is 1. The second-order valence-corrected chi connectivity index (χ2v) is 11.0. The molecule has 1 aliphatic heterocycles. The number of hydrogen-bond donors (Lipinski definition) is 2. The highest BCUT2D eigenvalue weighted by atomic mass is 16.5. The van der Waals surface area contributed by atoms with Gasteiger partial charge in [0.25, 0.3) is 0 Å². The topological polar surface area (TPSA) is 138 Å². The number of amides is 2. The fourth-order valence-corrected chi connectivity index (χ4v) is 7.38. The molecule has 0 bridgehead atoms. The van der Waals surface area contributed by atoms with E-state index in [4.69, 9.17) is 9.84 Å². The monoisotopic (exact) mass is 521 g/mol. The maximum absolute atomic E-state index is 13.8. The van der Waals surface area contributed by atoms with Crippen LogP contribution in [0.1, 0.15) is 51.0 Å².